The van der Waals surface area contributed by atoms with Gasteiger partial charge in [0.05, 0.1) is 11.7 Å². The fraction of sp³-hybridized carbons (Fsp3) is 0.139. The van der Waals surface area contributed by atoms with Crippen LogP contribution in [0.2, 0.25) is 0 Å². The number of rotatable bonds is 6. The minimum Gasteiger partial charge on any atom is -0.488 e. The molecule has 0 spiro atoms. The van der Waals surface area contributed by atoms with Gasteiger partial charge in [-0.15, -0.1) is 0 Å². The van der Waals surface area contributed by atoms with Crippen LogP contribution in [0.4, 0.5) is 11.4 Å². The maximum absolute atomic E-state index is 6.31. The van der Waals surface area contributed by atoms with Gasteiger partial charge in [-0.05, 0) is 76.2 Å². The number of nitrogens with zero attached hydrogens (tertiary/aromatic N) is 1. The molecule has 0 amide bonds. The molecule has 0 saturated heterocycles. The standard InChI is InChI=1S/C36H29BrN2O/c37-27-17-12-24(13-18-27)23-40-35-21-16-25-6-1-2-7-29(25)33(35)22-38-28-19-14-26(15-20-28)36-32-10-5-9-30(32)31-8-3-4-11-34(31)39-36/h1-9,11-22,30,32,36,39H,10,23H2/t30-,32-,36+/m1/s1. The van der Waals surface area contributed by atoms with Crippen LogP contribution in [0, 0.1) is 5.92 Å². The van der Waals surface area contributed by atoms with Crippen LogP contribution in [0.25, 0.3) is 10.8 Å². The molecule has 3 nitrogen and oxygen atoms in total. The Morgan fingerprint density at radius 2 is 1.65 bits per heavy atom. The maximum Gasteiger partial charge on any atom is 0.129 e. The molecule has 1 heterocycles. The maximum atomic E-state index is 6.31. The van der Waals surface area contributed by atoms with Crippen molar-refractivity contribution in [2.75, 3.05) is 5.32 Å². The molecule has 196 valence electrons. The second kappa shape index (κ2) is 10.8. The number of hydrogen-bond donors (Lipinski definition) is 1. The van der Waals surface area contributed by atoms with Crippen molar-refractivity contribution in [1.82, 2.24) is 0 Å². The summed E-state index contributed by atoms with van der Waals surface area (Å²) in [7, 11) is 0. The molecule has 5 aromatic carbocycles. The normalized spacial score (nSPS) is 19.4. The van der Waals surface area contributed by atoms with Crippen molar-refractivity contribution >= 4 is 44.3 Å². The van der Waals surface area contributed by atoms with Gasteiger partial charge in [0.15, 0.2) is 0 Å². The molecule has 0 aromatic heterocycles. The number of para-hydroxylation sites is 1. The van der Waals surface area contributed by atoms with Crippen LogP contribution in [0.3, 0.4) is 0 Å². The fourth-order valence-corrected chi connectivity index (χ4v) is 6.32. The largest absolute Gasteiger partial charge is 0.488 e. The summed E-state index contributed by atoms with van der Waals surface area (Å²) in [5.41, 5.74) is 6.99. The SMILES string of the molecule is Brc1ccc(COc2ccc3ccccc3c2C=Nc2ccc([C@@H]3Nc4ccccc4[C@H]4C=CC[C@H]43)cc2)cc1. The van der Waals surface area contributed by atoms with Crippen LogP contribution in [-0.4, -0.2) is 6.21 Å². The third kappa shape index (κ3) is 4.84. The number of anilines is 1. The topological polar surface area (TPSA) is 33.6 Å². The van der Waals surface area contributed by atoms with Gasteiger partial charge in [-0.1, -0.05) is 101 Å². The molecule has 0 saturated carbocycles. The minimum atomic E-state index is 0.282. The Labute approximate surface area is 243 Å². The number of halogens is 1. The number of fused-ring (bicyclic) bond motifs is 4. The smallest absolute Gasteiger partial charge is 0.129 e. The number of aliphatic imine (C=N–C) groups is 1. The molecule has 0 fully saturated rings. The van der Waals surface area contributed by atoms with Crippen LogP contribution in [0.5, 0.6) is 5.75 Å². The fourth-order valence-electron chi connectivity index (χ4n) is 6.06. The van der Waals surface area contributed by atoms with E-state index < -0.39 is 0 Å². The zero-order chi connectivity index (χ0) is 26.9. The highest BCUT2D eigenvalue weighted by Crippen LogP contribution is 2.49. The molecule has 5 aromatic rings. The molecule has 2 aliphatic rings. The molecular formula is C36H29BrN2O. The molecule has 1 aliphatic heterocycles. The van der Waals surface area contributed by atoms with Crippen molar-refractivity contribution in [1.29, 1.82) is 0 Å². The van der Waals surface area contributed by atoms with E-state index in [-0.39, 0.29) is 6.04 Å². The summed E-state index contributed by atoms with van der Waals surface area (Å²) >= 11 is 3.50. The van der Waals surface area contributed by atoms with Gasteiger partial charge < -0.3 is 10.1 Å². The number of hydrogen-bond acceptors (Lipinski definition) is 3. The predicted molar refractivity (Wildman–Crippen MR) is 169 cm³/mol. The molecule has 0 bridgehead atoms. The molecule has 0 radical (unpaired) electrons. The lowest BCUT2D eigenvalue weighted by Gasteiger charge is -2.37. The van der Waals surface area contributed by atoms with E-state index in [9.17, 15) is 0 Å². The monoisotopic (exact) mass is 584 g/mol. The highest BCUT2D eigenvalue weighted by atomic mass is 79.9. The summed E-state index contributed by atoms with van der Waals surface area (Å²) in [6.45, 7) is 0.496. The number of allylic oxidation sites excluding steroid dienone is 2. The Kier molecular flexibility index (Phi) is 6.70. The summed E-state index contributed by atoms with van der Waals surface area (Å²) < 4.78 is 7.37. The lowest BCUT2D eigenvalue weighted by Crippen LogP contribution is -2.28. The number of ether oxygens (including phenoxy) is 1. The molecule has 7 rings (SSSR count). The van der Waals surface area contributed by atoms with Crippen molar-refractivity contribution in [3.8, 4) is 5.75 Å². The summed E-state index contributed by atoms with van der Waals surface area (Å²) in [6, 6.07) is 38.5. The number of benzene rings is 5. The van der Waals surface area contributed by atoms with Crippen molar-refractivity contribution in [2.45, 2.75) is 25.0 Å². The molecule has 4 heteroatoms. The van der Waals surface area contributed by atoms with Crippen LogP contribution in [0.1, 0.15) is 40.6 Å². The summed E-state index contributed by atoms with van der Waals surface area (Å²) in [5.74, 6) is 1.83. The van der Waals surface area contributed by atoms with Gasteiger partial charge in [-0.2, -0.15) is 0 Å². The van der Waals surface area contributed by atoms with E-state index in [0.29, 0.717) is 18.4 Å². The van der Waals surface area contributed by atoms with Gasteiger partial charge in [0.25, 0.3) is 0 Å². The first-order valence-electron chi connectivity index (χ1n) is 13.8. The zero-order valence-corrected chi connectivity index (χ0v) is 23.6. The van der Waals surface area contributed by atoms with E-state index in [1.165, 1.54) is 22.2 Å². The van der Waals surface area contributed by atoms with Gasteiger partial charge in [0, 0.05) is 27.9 Å². The van der Waals surface area contributed by atoms with Gasteiger partial charge >= 0.3 is 0 Å². The van der Waals surface area contributed by atoms with E-state index in [2.05, 4.69) is 124 Å². The van der Waals surface area contributed by atoms with Crippen LogP contribution in [-0.2, 0) is 6.61 Å². The van der Waals surface area contributed by atoms with E-state index in [4.69, 9.17) is 9.73 Å². The van der Waals surface area contributed by atoms with E-state index >= 15 is 0 Å². The molecule has 0 unspecified atom stereocenters. The second-order valence-electron chi connectivity index (χ2n) is 10.5. The Morgan fingerprint density at radius 1 is 0.850 bits per heavy atom. The van der Waals surface area contributed by atoms with E-state index in [1.807, 2.05) is 24.4 Å². The first-order chi connectivity index (χ1) is 19.7. The third-order valence-corrected chi connectivity index (χ3v) is 8.63. The summed E-state index contributed by atoms with van der Waals surface area (Å²) in [5, 5.41) is 6.11. The summed E-state index contributed by atoms with van der Waals surface area (Å²) in [4.78, 5) is 4.90. The lowest BCUT2D eigenvalue weighted by atomic mass is 9.77. The van der Waals surface area contributed by atoms with Crippen molar-refractivity contribution in [2.24, 2.45) is 10.9 Å². The average Bonchev–Trinajstić information content (AvgIpc) is 3.50. The van der Waals surface area contributed by atoms with Crippen LogP contribution < -0.4 is 10.1 Å². The Morgan fingerprint density at radius 3 is 2.52 bits per heavy atom. The highest BCUT2D eigenvalue weighted by Gasteiger charge is 2.37. The zero-order valence-electron chi connectivity index (χ0n) is 22.0. The Bertz CT molecular complexity index is 1720. The first kappa shape index (κ1) is 24.9. The molecule has 40 heavy (non-hydrogen) atoms. The summed E-state index contributed by atoms with van der Waals surface area (Å²) in [6.07, 6.45) is 7.77. The minimum absolute atomic E-state index is 0.282. The Balaban J connectivity index is 1.15. The highest BCUT2D eigenvalue weighted by molar-refractivity contribution is 9.10. The predicted octanol–water partition coefficient (Wildman–Crippen LogP) is 9.76. The molecule has 1 N–H and O–H groups in total. The van der Waals surface area contributed by atoms with Gasteiger partial charge in [-0.25, -0.2) is 0 Å². The second-order valence-corrected chi connectivity index (χ2v) is 11.4. The van der Waals surface area contributed by atoms with Gasteiger partial charge in [0.2, 0.25) is 0 Å². The molecule has 3 atom stereocenters. The van der Waals surface area contributed by atoms with Crippen molar-refractivity contribution < 1.29 is 4.74 Å². The van der Waals surface area contributed by atoms with E-state index in [0.717, 1.165) is 38.8 Å². The quantitative estimate of drug-likeness (QED) is 0.159. The van der Waals surface area contributed by atoms with Crippen molar-refractivity contribution in [3.05, 3.63) is 148 Å². The van der Waals surface area contributed by atoms with Crippen LogP contribution in [0.15, 0.2) is 131 Å². The van der Waals surface area contributed by atoms with Gasteiger partial charge in [-0.3, -0.25) is 4.99 Å². The first-order valence-corrected chi connectivity index (χ1v) is 14.6. The third-order valence-electron chi connectivity index (χ3n) is 8.11. The lowest BCUT2D eigenvalue weighted by molar-refractivity contribution is 0.306. The molecular weight excluding hydrogens is 556 g/mol. The van der Waals surface area contributed by atoms with Crippen molar-refractivity contribution in [3.63, 3.8) is 0 Å². The molecule has 1 aliphatic carbocycles. The average molecular weight is 586 g/mol. The number of nitrogens with one attached hydrogen (secondary N) is 1. The Hall–Kier alpha value is -4.15. The van der Waals surface area contributed by atoms with E-state index in [1.54, 1.807) is 0 Å². The van der Waals surface area contributed by atoms with Crippen LogP contribution >= 0.6 is 15.9 Å². The van der Waals surface area contributed by atoms with Gasteiger partial charge in [0.1, 0.15) is 12.4 Å².